The summed E-state index contributed by atoms with van der Waals surface area (Å²) < 4.78 is 5.31. The van der Waals surface area contributed by atoms with Crippen LogP contribution in [0, 0.1) is 0 Å². The maximum absolute atomic E-state index is 12.3. The Kier molecular flexibility index (Phi) is 5.37. The smallest absolute Gasteiger partial charge is 0.311 e. The van der Waals surface area contributed by atoms with Crippen LogP contribution in [0.25, 0.3) is 10.9 Å². The van der Waals surface area contributed by atoms with E-state index in [1.807, 2.05) is 61.5 Å². The lowest BCUT2D eigenvalue weighted by molar-refractivity contribution is -0.154. The molecule has 2 N–H and O–H groups in total. The highest BCUT2D eigenvalue weighted by Crippen LogP contribution is 2.18. The molecule has 1 aromatic heterocycles. The quantitative estimate of drug-likeness (QED) is 0.668. The fourth-order valence-corrected chi connectivity index (χ4v) is 2.88. The Balaban J connectivity index is 1.56. The van der Waals surface area contributed by atoms with Crippen molar-refractivity contribution in [1.82, 2.24) is 10.3 Å². The van der Waals surface area contributed by atoms with Crippen LogP contribution < -0.4 is 5.32 Å². The number of rotatable bonds is 6. The normalized spacial score (nSPS) is 13.2. The van der Waals surface area contributed by atoms with E-state index in [2.05, 4.69) is 10.3 Å². The van der Waals surface area contributed by atoms with Gasteiger partial charge >= 0.3 is 5.97 Å². The number of aromatic amines is 1. The van der Waals surface area contributed by atoms with Gasteiger partial charge in [0.15, 0.2) is 6.10 Å². The zero-order chi connectivity index (χ0) is 18.5. The molecule has 3 aromatic rings. The molecule has 3 rings (SSSR count). The molecule has 0 aliphatic carbocycles. The van der Waals surface area contributed by atoms with Crippen molar-refractivity contribution in [2.24, 2.45) is 0 Å². The first-order chi connectivity index (χ1) is 12.5. The Labute approximate surface area is 152 Å². The van der Waals surface area contributed by atoms with Gasteiger partial charge in [0.25, 0.3) is 5.91 Å². The zero-order valence-corrected chi connectivity index (χ0v) is 14.9. The second-order valence-electron chi connectivity index (χ2n) is 6.31. The lowest BCUT2D eigenvalue weighted by atomic mass is 10.1. The first-order valence-corrected chi connectivity index (χ1v) is 8.64. The average molecular weight is 350 g/mol. The summed E-state index contributed by atoms with van der Waals surface area (Å²) in [5.41, 5.74) is 2.83. The third-order valence-electron chi connectivity index (χ3n) is 4.35. The predicted octanol–water partition coefficient (Wildman–Crippen LogP) is 3.52. The fourth-order valence-electron chi connectivity index (χ4n) is 2.88. The molecule has 5 nitrogen and oxygen atoms in total. The molecule has 2 unspecified atom stereocenters. The summed E-state index contributed by atoms with van der Waals surface area (Å²) in [6.07, 6.45) is 1.07. The number of carbonyl (C=O) groups excluding carboxylic acids is 2. The lowest BCUT2D eigenvalue weighted by Gasteiger charge is -2.18. The SMILES string of the molecule is CC(OC(=O)Cc1c[nH]c2ccccc12)C(=O)NC(C)c1ccccc1. The monoisotopic (exact) mass is 350 g/mol. The van der Waals surface area contributed by atoms with E-state index in [-0.39, 0.29) is 18.4 Å². The third-order valence-corrected chi connectivity index (χ3v) is 4.35. The molecule has 5 heteroatoms. The molecule has 2 aromatic carbocycles. The number of para-hydroxylation sites is 1. The first kappa shape index (κ1) is 17.7. The largest absolute Gasteiger partial charge is 0.452 e. The Morgan fingerprint density at radius 2 is 1.73 bits per heavy atom. The summed E-state index contributed by atoms with van der Waals surface area (Å²) in [4.78, 5) is 27.6. The van der Waals surface area contributed by atoms with Crippen LogP contribution in [-0.2, 0) is 20.7 Å². The summed E-state index contributed by atoms with van der Waals surface area (Å²) in [7, 11) is 0. The van der Waals surface area contributed by atoms with Crippen LogP contribution in [0.2, 0.25) is 0 Å². The molecule has 0 saturated carbocycles. The zero-order valence-electron chi connectivity index (χ0n) is 14.9. The minimum absolute atomic E-state index is 0.121. The molecular formula is C21H22N2O3. The number of ether oxygens (including phenoxy) is 1. The van der Waals surface area contributed by atoms with E-state index in [0.29, 0.717) is 0 Å². The highest BCUT2D eigenvalue weighted by molar-refractivity contribution is 5.88. The Morgan fingerprint density at radius 3 is 2.50 bits per heavy atom. The number of hydrogen-bond acceptors (Lipinski definition) is 3. The van der Waals surface area contributed by atoms with Crippen LogP contribution in [0.3, 0.4) is 0 Å². The van der Waals surface area contributed by atoms with E-state index >= 15 is 0 Å². The Morgan fingerprint density at radius 1 is 1.04 bits per heavy atom. The van der Waals surface area contributed by atoms with Crippen molar-refractivity contribution in [3.8, 4) is 0 Å². The number of hydrogen-bond donors (Lipinski definition) is 2. The van der Waals surface area contributed by atoms with Gasteiger partial charge in [0.05, 0.1) is 12.5 Å². The van der Waals surface area contributed by atoms with E-state index in [1.165, 1.54) is 0 Å². The average Bonchev–Trinajstić information content (AvgIpc) is 3.05. The molecule has 1 amide bonds. The summed E-state index contributed by atoms with van der Waals surface area (Å²) in [5, 5.41) is 3.85. The summed E-state index contributed by atoms with van der Waals surface area (Å²) >= 11 is 0. The second-order valence-corrected chi connectivity index (χ2v) is 6.31. The van der Waals surface area contributed by atoms with Gasteiger partial charge in [0.2, 0.25) is 0 Å². The van der Waals surface area contributed by atoms with Crippen molar-refractivity contribution in [3.05, 3.63) is 71.9 Å². The first-order valence-electron chi connectivity index (χ1n) is 8.64. The van der Waals surface area contributed by atoms with Crippen LogP contribution in [-0.4, -0.2) is 23.0 Å². The number of aromatic nitrogens is 1. The van der Waals surface area contributed by atoms with E-state index in [1.54, 1.807) is 13.1 Å². The minimum Gasteiger partial charge on any atom is -0.452 e. The molecule has 1 heterocycles. The van der Waals surface area contributed by atoms with Gasteiger partial charge in [-0.3, -0.25) is 9.59 Å². The highest BCUT2D eigenvalue weighted by atomic mass is 16.5. The van der Waals surface area contributed by atoms with Gasteiger partial charge in [-0.05, 0) is 31.0 Å². The highest BCUT2D eigenvalue weighted by Gasteiger charge is 2.20. The number of carbonyl (C=O) groups is 2. The molecule has 134 valence electrons. The minimum atomic E-state index is -0.848. The molecule has 0 spiro atoms. The topological polar surface area (TPSA) is 71.2 Å². The van der Waals surface area contributed by atoms with Gasteiger partial charge in [0.1, 0.15) is 0 Å². The van der Waals surface area contributed by atoms with Crippen molar-refractivity contribution in [2.75, 3.05) is 0 Å². The van der Waals surface area contributed by atoms with Crippen LogP contribution in [0.1, 0.15) is 31.0 Å². The van der Waals surface area contributed by atoms with E-state index in [9.17, 15) is 9.59 Å². The molecule has 0 saturated heterocycles. The molecule has 0 radical (unpaired) electrons. The van der Waals surface area contributed by atoms with Gasteiger partial charge < -0.3 is 15.0 Å². The third kappa shape index (κ3) is 4.11. The van der Waals surface area contributed by atoms with Crippen molar-refractivity contribution in [3.63, 3.8) is 0 Å². The number of nitrogens with one attached hydrogen (secondary N) is 2. The lowest BCUT2D eigenvalue weighted by Crippen LogP contribution is -2.37. The molecular weight excluding hydrogens is 328 g/mol. The van der Waals surface area contributed by atoms with Crippen LogP contribution in [0.15, 0.2) is 60.8 Å². The van der Waals surface area contributed by atoms with Crippen LogP contribution >= 0.6 is 0 Å². The molecule has 0 aliphatic heterocycles. The van der Waals surface area contributed by atoms with Crippen molar-refractivity contribution in [2.45, 2.75) is 32.4 Å². The standard InChI is InChI=1S/C21H22N2O3/c1-14(16-8-4-3-5-9-16)23-21(25)15(2)26-20(24)12-17-13-22-19-11-7-6-10-18(17)19/h3-11,13-15,22H,12H2,1-2H3,(H,23,25). The molecule has 2 atom stereocenters. The fraction of sp³-hybridized carbons (Fsp3) is 0.238. The van der Waals surface area contributed by atoms with E-state index in [4.69, 9.17) is 4.74 Å². The maximum Gasteiger partial charge on any atom is 0.311 e. The second kappa shape index (κ2) is 7.87. The van der Waals surface area contributed by atoms with E-state index < -0.39 is 12.1 Å². The molecule has 0 bridgehead atoms. The van der Waals surface area contributed by atoms with Gasteiger partial charge in [-0.2, -0.15) is 0 Å². The van der Waals surface area contributed by atoms with Crippen molar-refractivity contribution in [1.29, 1.82) is 0 Å². The van der Waals surface area contributed by atoms with Crippen molar-refractivity contribution < 1.29 is 14.3 Å². The predicted molar refractivity (Wildman–Crippen MR) is 101 cm³/mol. The van der Waals surface area contributed by atoms with Gasteiger partial charge in [-0.15, -0.1) is 0 Å². The van der Waals surface area contributed by atoms with Gasteiger partial charge in [0, 0.05) is 17.1 Å². The molecule has 0 aliphatic rings. The summed E-state index contributed by atoms with van der Waals surface area (Å²) in [5.74, 6) is -0.738. The van der Waals surface area contributed by atoms with Crippen molar-refractivity contribution >= 4 is 22.8 Å². The number of esters is 1. The summed E-state index contributed by atoms with van der Waals surface area (Å²) in [6, 6.07) is 17.2. The van der Waals surface area contributed by atoms with Crippen LogP contribution in [0.4, 0.5) is 0 Å². The Hall–Kier alpha value is -3.08. The maximum atomic E-state index is 12.3. The van der Waals surface area contributed by atoms with Gasteiger partial charge in [-0.25, -0.2) is 0 Å². The Bertz CT molecular complexity index is 902. The van der Waals surface area contributed by atoms with Gasteiger partial charge in [-0.1, -0.05) is 48.5 Å². The van der Waals surface area contributed by atoms with Crippen LogP contribution in [0.5, 0.6) is 0 Å². The molecule has 26 heavy (non-hydrogen) atoms. The number of benzene rings is 2. The molecule has 0 fully saturated rings. The number of H-pyrrole nitrogens is 1. The number of amides is 1. The van der Waals surface area contributed by atoms with E-state index in [0.717, 1.165) is 22.0 Å². The summed E-state index contributed by atoms with van der Waals surface area (Å²) in [6.45, 7) is 3.48. The number of fused-ring (bicyclic) bond motifs is 1.